The van der Waals surface area contributed by atoms with Crippen molar-refractivity contribution in [3.63, 3.8) is 0 Å². The third-order valence-electron chi connectivity index (χ3n) is 4.19. The van der Waals surface area contributed by atoms with Gasteiger partial charge in [-0.05, 0) is 43.4 Å². The van der Waals surface area contributed by atoms with E-state index in [9.17, 15) is 4.79 Å². The molecule has 0 heterocycles. The molecule has 0 N–H and O–H groups in total. The first-order valence-electron chi connectivity index (χ1n) is 7.39. The minimum atomic E-state index is -0.434. The maximum Gasteiger partial charge on any atom is 0.169 e. The Labute approximate surface area is 121 Å². The Morgan fingerprint density at radius 2 is 1.80 bits per heavy atom. The number of ether oxygens (including phenoxy) is 1. The second kappa shape index (κ2) is 5.92. The highest BCUT2D eigenvalue weighted by Gasteiger charge is 2.39. The van der Waals surface area contributed by atoms with Gasteiger partial charge in [0.25, 0.3) is 0 Å². The molecule has 0 bridgehead atoms. The van der Waals surface area contributed by atoms with E-state index in [1.165, 1.54) is 11.1 Å². The molecule has 1 aromatic carbocycles. The van der Waals surface area contributed by atoms with Gasteiger partial charge in [0.2, 0.25) is 0 Å². The second-order valence-electron chi connectivity index (χ2n) is 5.95. The number of carbonyl (C=O) groups is 1. The predicted octanol–water partition coefficient (Wildman–Crippen LogP) is 4.14. The molecule has 0 aromatic heterocycles. The van der Waals surface area contributed by atoms with Gasteiger partial charge >= 0.3 is 0 Å². The number of hydrogen-bond donors (Lipinski definition) is 0. The Hall–Kier alpha value is -1.41. The molecule has 0 unspecified atom stereocenters. The number of fused-ring (bicyclic) bond motifs is 1. The van der Waals surface area contributed by atoms with Crippen molar-refractivity contribution in [2.24, 2.45) is 0 Å². The van der Waals surface area contributed by atoms with Gasteiger partial charge in [-0.2, -0.15) is 0 Å². The van der Waals surface area contributed by atoms with Gasteiger partial charge in [-0.25, -0.2) is 0 Å². The third kappa shape index (κ3) is 2.45. The van der Waals surface area contributed by atoms with Crippen molar-refractivity contribution in [3.8, 4) is 0 Å². The average Bonchev–Trinajstić information content (AvgIpc) is 2.45. The Kier molecular flexibility index (Phi) is 4.44. The Morgan fingerprint density at radius 1 is 1.10 bits per heavy atom. The molecule has 0 aliphatic heterocycles. The molecule has 0 radical (unpaired) electrons. The van der Waals surface area contributed by atoms with E-state index >= 15 is 0 Å². The van der Waals surface area contributed by atoms with E-state index in [1.807, 2.05) is 19.9 Å². The van der Waals surface area contributed by atoms with Crippen molar-refractivity contribution >= 4 is 11.4 Å². The molecule has 20 heavy (non-hydrogen) atoms. The van der Waals surface area contributed by atoms with Crippen LogP contribution >= 0.6 is 0 Å². The van der Waals surface area contributed by atoms with Crippen molar-refractivity contribution in [1.29, 1.82) is 0 Å². The molecule has 2 nitrogen and oxygen atoms in total. The van der Waals surface area contributed by atoms with Gasteiger partial charge in [-0.1, -0.05) is 37.6 Å². The SMILES string of the molecule is CCCC1=C(CCOC)C(=O)C(C)(C)c2ccccc21. The highest BCUT2D eigenvalue weighted by Crippen LogP contribution is 2.42. The standard InChI is InChI=1S/C18H24O2/c1-5-8-13-14-9-6-7-10-16(14)18(2,3)17(19)15(13)11-12-20-4/h6-7,9-10H,5,8,11-12H2,1-4H3. The zero-order valence-electron chi connectivity index (χ0n) is 13.0. The topological polar surface area (TPSA) is 26.3 Å². The fourth-order valence-corrected chi connectivity index (χ4v) is 3.09. The minimum absolute atomic E-state index is 0.261. The van der Waals surface area contributed by atoms with E-state index in [-0.39, 0.29) is 5.78 Å². The molecule has 0 amide bonds. The number of ketones is 1. The molecule has 0 spiro atoms. The first-order valence-corrected chi connectivity index (χ1v) is 7.39. The smallest absolute Gasteiger partial charge is 0.169 e. The largest absolute Gasteiger partial charge is 0.384 e. The zero-order valence-corrected chi connectivity index (χ0v) is 13.0. The van der Waals surface area contributed by atoms with Crippen LogP contribution in [0.25, 0.3) is 5.57 Å². The van der Waals surface area contributed by atoms with Crippen LogP contribution in [0.1, 0.15) is 51.2 Å². The van der Waals surface area contributed by atoms with Crippen LogP contribution < -0.4 is 0 Å². The van der Waals surface area contributed by atoms with Crippen LogP contribution in [0.5, 0.6) is 0 Å². The monoisotopic (exact) mass is 272 g/mol. The van der Waals surface area contributed by atoms with Crippen molar-refractivity contribution < 1.29 is 9.53 Å². The molecule has 108 valence electrons. The van der Waals surface area contributed by atoms with Gasteiger partial charge in [0, 0.05) is 12.7 Å². The number of methoxy groups -OCH3 is 1. The van der Waals surface area contributed by atoms with Crippen LogP contribution in [0.2, 0.25) is 0 Å². The summed E-state index contributed by atoms with van der Waals surface area (Å²) >= 11 is 0. The summed E-state index contributed by atoms with van der Waals surface area (Å²) in [4.78, 5) is 12.9. The molecule has 2 rings (SSSR count). The number of hydrogen-bond acceptors (Lipinski definition) is 2. The van der Waals surface area contributed by atoms with Crippen LogP contribution in [0, 0.1) is 0 Å². The van der Waals surface area contributed by atoms with Crippen molar-refractivity contribution in [3.05, 3.63) is 41.0 Å². The lowest BCUT2D eigenvalue weighted by Gasteiger charge is -2.34. The summed E-state index contributed by atoms with van der Waals surface area (Å²) in [5, 5.41) is 0. The molecular weight excluding hydrogens is 248 g/mol. The number of Topliss-reactive ketones (excluding diaryl/α,β-unsaturated/α-hetero) is 1. The maximum atomic E-state index is 12.9. The van der Waals surface area contributed by atoms with Crippen LogP contribution in [-0.2, 0) is 14.9 Å². The maximum absolute atomic E-state index is 12.9. The van der Waals surface area contributed by atoms with E-state index in [1.54, 1.807) is 7.11 Å². The van der Waals surface area contributed by atoms with Gasteiger partial charge in [0.05, 0.1) is 12.0 Å². The Balaban J connectivity index is 2.61. The quantitative estimate of drug-likeness (QED) is 0.805. The molecule has 0 fully saturated rings. The van der Waals surface area contributed by atoms with Gasteiger partial charge < -0.3 is 4.74 Å². The van der Waals surface area contributed by atoms with E-state index < -0.39 is 5.41 Å². The highest BCUT2D eigenvalue weighted by atomic mass is 16.5. The molecule has 0 saturated heterocycles. The molecule has 1 aliphatic carbocycles. The summed E-state index contributed by atoms with van der Waals surface area (Å²) in [6.45, 7) is 6.83. The number of rotatable bonds is 5. The molecule has 0 atom stereocenters. The first-order chi connectivity index (χ1) is 9.54. The number of allylic oxidation sites excluding steroid dienone is 1. The molecule has 2 heteroatoms. The summed E-state index contributed by atoms with van der Waals surface area (Å²) in [6, 6.07) is 8.34. The normalized spacial score (nSPS) is 17.3. The predicted molar refractivity (Wildman–Crippen MR) is 82.8 cm³/mol. The van der Waals surface area contributed by atoms with Crippen LogP contribution in [0.3, 0.4) is 0 Å². The first kappa shape index (κ1) is 15.0. The van der Waals surface area contributed by atoms with Crippen molar-refractivity contribution in [2.75, 3.05) is 13.7 Å². The van der Waals surface area contributed by atoms with E-state index in [2.05, 4.69) is 25.1 Å². The fraction of sp³-hybridized carbons (Fsp3) is 0.500. The Bertz CT molecular complexity index is 538. The molecule has 0 saturated carbocycles. The summed E-state index contributed by atoms with van der Waals surface area (Å²) in [6.07, 6.45) is 2.72. The van der Waals surface area contributed by atoms with E-state index in [4.69, 9.17) is 4.74 Å². The third-order valence-corrected chi connectivity index (χ3v) is 4.19. The van der Waals surface area contributed by atoms with E-state index in [0.717, 1.165) is 24.0 Å². The number of benzene rings is 1. The summed E-state index contributed by atoms with van der Waals surface area (Å²) in [5.41, 5.74) is 4.18. The lowest BCUT2D eigenvalue weighted by atomic mass is 9.68. The van der Waals surface area contributed by atoms with Gasteiger partial charge in [0.1, 0.15) is 0 Å². The van der Waals surface area contributed by atoms with Gasteiger partial charge in [-0.3, -0.25) is 4.79 Å². The Morgan fingerprint density at radius 3 is 2.45 bits per heavy atom. The van der Waals surface area contributed by atoms with Gasteiger partial charge in [-0.15, -0.1) is 0 Å². The lowest BCUT2D eigenvalue weighted by Crippen LogP contribution is -2.35. The van der Waals surface area contributed by atoms with Crippen LogP contribution in [0.15, 0.2) is 29.8 Å². The second-order valence-corrected chi connectivity index (χ2v) is 5.95. The fourth-order valence-electron chi connectivity index (χ4n) is 3.09. The summed E-state index contributed by atoms with van der Waals surface area (Å²) < 4.78 is 5.19. The minimum Gasteiger partial charge on any atom is -0.384 e. The number of carbonyl (C=O) groups excluding carboxylic acids is 1. The lowest BCUT2D eigenvalue weighted by molar-refractivity contribution is -0.120. The van der Waals surface area contributed by atoms with E-state index in [0.29, 0.717) is 13.0 Å². The zero-order chi connectivity index (χ0) is 14.8. The van der Waals surface area contributed by atoms with Gasteiger partial charge in [0.15, 0.2) is 5.78 Å². The van der Waals surface area contributed by atoms with Crippen LogP contribution in [0.4, 0.5) is 0 Å². The summed E-state index contributed by atoms with van der Waals surface area (Å²) in [7, 11) is 1.69. The van der Waals surface area contributed by atoms with Crippen LogP contribution in [-0.4, -0.2) is 19.5 Å². The average molecular weight is 272 g/mol. The highest BCUT2D eigenvalue weighted by molar-refractivity contribution is 6.12. The molecular formula is C18H24O2. The summed E-state index contributed by atoms with van der Waals surface area (Å²) in [5.74, 6) is 0.261. The van der Waals surface area contributed by atoms with Crippen molar-refractivity contribution in [1.82, 2.24) is 0 Å². The van der Waals surface area contributed by atoms with Crippen molar-refractivity contribution in [2.45, 2.75) is 45.4 Å². The molecule has 1 aromatic rings. The molecule has 1 aliphatic rings.